The van der Waals surface area contributed by atoms with E-state index in [9.17, 15) is 5.26 Å². The molecule has 3 rings (SSSR count). The van der Waals surface area contributed by atoms with Crippen molar-refractivity contribution in [3.05, 3.63) is 70.1 Å². The first-order valence-electron chi connectivity index (χ1n) is 5.88. The first kappa shape index (κ1) is 11.9. The van der Waals surface area contributed by atoms with Gasteiger partial charge in [0.15, 0.2) is 0 Å². The van der Waals surface area contributed by atoms with Crippen molar-refractivity contribution in [1.29, 1.82) is 5.26 Å². The van der Waals surface area contributed by atoms with Crippen LogP contribution in [0.15, 0.2) is 53.1 Å². The minimum absolute atomic E-state index is 0.597. The summed E-state index contributed by atoms with van der Waals surface area (Å²) in [6, 6.07) is 16.1. The van der Waals surface area contributed by atoms with Crippen LogP contribution < -0.4 is 0 Å². The Bertz CT molecular complexity index is 769. The topological polar surface area (TPSA) is 41.1 Å². The van der Waals surface area contributed by atoms with Gasteiger partial charge in [-0.2, -0.15) is 5.26 Å². The molecule has 0 bridgehead atoms. The summed E-state index contributed by atoms with van der Waals surface area (Å²) in [5.74, 6) is 0. The molecule has 0 aliphatic heterocycles. The van der Waals surface area contributed by atoms with E-state index in [0.29, 0.717) is 12.1 Å². The van der Waals surface area contributed by atoms with Crippen molar-refractivity contribution in [3.63, 3.8) is 0 Å². The van der Waals surface area contributed by atoms with Crippen molar-refractivity contribution >= 4 is 21.6 Å². The Labute approximate surface area is 119 Å². The lowest BCUT2D eigenvalue weighted by Gasteiger charge is -1.98. The highest BCUT2D eigenvalue weighted by Crippen LogP contribution is 2.18. The molecule has 19 heavy (non-hydrogen) atoms. The molecule has 0 unspecified atom stereocenters. The van der Waals surface area contributed by atoms with E-state index in [-0.39, 0.29) is 0 Å². The molecule has 0 aliphatic carbocycles. The maximum Gasteiger partial charge on any atom is 0.148 e. The average molecular weight is 312 g/mol. The zero-order chi connectivity index (χ0) is 13.2. The van der Waals surface area contributed by atoms with E-state index < -0.39 is 0 Å². The molecule has 92 valence electrons. The fraction of sp³-hybridized carbons (Fsp3) is 0.0667. The van der Waals surface area contributed by atoms with Gasteiger partial charge in [0.2, 0.25) is 0 Å². The largest absolute Gasteiger partial charge is 0.290 e. The van der Waals surface area contributed by atoms with E-state index in [1.807, 2.05) is 53.1 Å². The molecule has 0 amide bonds. The summed E-state index contributed by atoms with van der Waals surface area (Å²) in [5.41, 5.74) is 3.36. The van der Waals surface area contributed by atoms with Crippen LogP contribution in [0.25, 0.3) is 5.65 Å². The van der Waals surface area contributed by atoms with Crippen LogP contribution in [0.3, 0.4) is 0 Å². The number of fused-ring (bicyclic) bond motifs is 1. The Morgan fingerprint density at radius 2 is 1.95 bits per heavy atom. The quantitative estimate of drug-likeness (QED) is 0.726. The molecule has 0 N–H and O–H groups in total. The number of pyridine rings is 1. The Morgan fingerprint density at radius 3 is 2.68 bits per heavy atom. The molecule has 3 nitrogen and oxygen atoms in total. The Morgan fingerprint density at radius 1 is 1.16 bits per heavy atom. The Kier molecular flexibility index (Phi) is 3.06. The zero-order valence-corrected chi connectivity index (χ0v) is 11.6. The van der Waals surface area contributed by atoms with Gasteiger partial charge in [-0.3, -0.25) is 4.40 Å². The third-order valence-electron chi connectivity index (χ3n) is 2.97. The average Bonchev–Trinajstić information content (AvgIpc) is 2.76. The third kappa shape index (κ3) is 2.25. The predicted octanol–water partition coefficient (Wildman–Crippen LogP) is 3.56. The summed E-state index contributed by atoms with van der Waals surface area (Å²) in [6.45, 7) is 0. The molecular weight excluding hydrogens is 302 g/mol. The summed E-state index contributed by atoms with van der Waals surface area (Å²) in [5, 5.41) is 9.35. The van der Waals surface area contributed by atoms with Crippen molar-refractivity contribution in [2.24, 2.45) is 0 Å². The van der Waals surface area contributed by atoms with Crippen LogP contribution in [-0.2, 0) is 6.42 Å². The lowest BCUT2D eigenvalue weighted by Crippen LogP contribution is -1.93. The molecule has 0 saturated heterocycles. The fourth-order valence-corrected chi connectivity index (χ4v) is 2.44. The second-order valence-corrected chi connectivity index (χ2v) is 5.17. The number of hydrogen-bond donors (Lipinski definition) is 0. The number of nitriles is 1. The molecule has 0 atom stereocenters. The number of nitrogens with zero attached hydrogens (tertiary/aromatic N) is 3. The summed E-state index contributed by atoms with van der Waals surface area (Å²) in [4.78, 5) is 4.54. The third-order valence-corrected chi connectivity index (χ3v) is 3.44. The highest BCUT2D eigenvalue weighted by atomic mass is 79.9. The monoisotopic (exact) mass is 311 g/mol. The van der Waals surface area contributed by atoms with Gasteiger partial charge in [0, 0.05) is 17.1 Å². The van der Waals surface area contributed by atoms with Gasteiger partial charge in [-0.25, -0.2) is 4.98 Å². The van der Waals surface area contributed by atoms with Gasteiger partial charge in [-0.15, -0.1) is 0 Å². The van der Waals surface area contributed by atoms with E-state index in [4.69, 9.17) is 0 Å². The molecule has 0 spiro atoms. The smallest absolute Gasteiger partial charge is 0.148 e. The number of aromatic nitrogens is 2. The van der Waals surface area contributed by atoms with Crippen molar-refractivity contribution in [2.45, 2.75) is 6.42 Å². The molecule has 2 aromatic heterocycles. The van der Waals surface area contributed by atoms with Gasteiger partial charge < -0.3 is 0 Å². The standard InChI is InChI=1S/C15H10BrN3/c16-12-6-7-15-18-13(14(9-17)19(15)10-12)8-11-4-2-1-3-5-11/h1-7,10H,8H2. The van der Waals surface area contributed by atoms with Crippen LogP contribution in [0.1, 0.15) is 17.0 Å². The second-order valence-electron chi connectivity index (χ2n) is 4.26. The molecule has 3 aromatic rings. The minimum Gasteiger partial charge on any atom is -0.290 e. The minimum atomic E-state index is 0.597. The first-order chi connectivity index (χ1) is 9.28. The molecule has 0 fully saturated rings. The molecule has 0 saturated carbocycles. The molecule has 1 aromatic carbocycles. The normalized spacial score (nSPS) is 10.5. The van der Waals surface area contributed by atoms with E-state index in [1.165, 1.54) is 0 Å². The van der Waals surface area contributed by atoms with Crippen molar-refractivity contribution < 1.29 is 0 Å². The molecule has 0 aliphatic rings. The van der Waals surface area contributed by atoms with E-state index >= 15 is 0 Å². The van der Waals surface area contributed by atoms with Crippen molar-refractivity contribution in [3.8, 4) is 6.07 Å². The van der Waals surface area contributed by atoms with Crippen LogP contribution in [0.4, 0.5) is 0 Å². The zero-order valence-electron chi connectivity index (χ0n) is 10.0. The lowest BCUT2D eigenvalue weighted by atomic mass is 10.1. The van der Waals surface area contributed by atoms with Gasteiger partial charge >= 0.3 is 0 Å². The van der Waals surface area contributed by atoms with Crippen LogP contribution in [0.2, 0.25) is 0 Å². The molecule has 0 radical (unpaired) electrons. The Hall–Kier alpha value is -2.12. The Balaban J connectivity index is 2.12. The number of hydrogen-bond acceptors (Lipinski definition) is 2. The summed E-state index contributed by atoms with van der Waals surface area (Å²) in [7, 11) is 0. The predicted molar refractivity (Wildman–Crippen MR) is 76.9 cm³/mol. The van der Waals surface area contributed by atoms with Gasteiger partial charge in [0.25, 0.3) is 0 Å². The van der Waals surface area contributed by atoms with Crippen LogP contribution in [0.5, 0.6) is 0 Å². The van der Waals surface area contributed by atoms with Crippen LogP contribution >= 0.6 is 15.9 Å². The number of rotatable bonds is 2. The van der Waals surface area contributed by atoms with Gasteiger partial charge in [-0.05, 0) is 33.6 Å². The molecule has 2 heterocycles. The summed E-state index contributed by atoms with van der Waals surface area (Å²) in [6.07, 6.45) is 2.54. The van der Waals surface area contributed by atoms with Crippen molar-refractivity contribution in [2.75, 3.05) is 0 Å². The second kappa shape index (κ2) is 4.87. The maximum absolute atomic E-state index is 9.35. The maximum atomic E-state index is 9.35. The first-order valence-corrected chi connectivity index (χ1v) is 6.68. The van der Waals surface area contributed by atoms with Crippen LogP contribution in [0, 0.1) is 11.3 Å². The lowest BCUT2D eigenvalue weighted by molar-refractivity contribution is 1.09. The summed E-state index contributed by atoms with van der Waals surface area (Å²) < 4.78 is 2.75. The van der Waals surface area contributed by atoms with Crippen molar-refractivity contribution in [1.82, 2.24) is 9.38 Å². The molecular formula is C15H10BrN3. The van der Waals surface area contributed by atoms with Gasteiger partial charge in [0.05, 0.1) is 5.69 Å². The van der Waals surface area contributed by atoms with E-state index in [0.717, 1.165) is 21.4 Å². The highest BCUT2D eigenvalue weighted by Gasteiger charge is 2.12. The summed E-state index contributed by atoms with van der Waals surface area (Å²) >= 11 is 3.41. The highest BCUT2D eigenvalue weighted by molar-refractivity contribution is 9.10. The number of imidazole rings is 1. The van der Waals surface area contributed by atoms with E-state index in [1.54, 1.807) is 0 Å². The fourth-order valence-electron chi connectivity index (χ4n) is 2.10. The van der Waals surface area contributed by atoms with Gasteiger partial charge in [-0.1, -0.05) is 30.3 Å². The van der Waals surface area contributed by atoms with E-state index in [2.05, 4.69) is 27.0 Å². The van der Waals surface area contributed by atoms with Crippen LogP contribution in [-0.4, -0.2) is 9.38 Å². The number of benzene rings is 1. The SMILES string of the molecule is N#Cc1c(Cc2ccccc2)nc2ccc(Br)cn12. The van der Waals surface area contributed by atoms with Gasteiger partial charge in [0.1, 0.15) is 17.4 Å². The number of halogens is 1. The molecule has 4 heteroatoms.